The van der Waals surface area contributed by atoms with Gasteiger partial charge in [-0.05, 0) is 86.8 Å². The van der Waals surface area contributed by atoms with Gasteiger partial charge in [-0.1, -0.05) is 225 Å². The molecule has 2 nitrogen and oxygen atoms in total. The summed E-state index contributed by atoms with van der Waals surface area (Å²) < 4.78 is 1.62. The molecule has 1 aliphatic rings. The zero-order chi connectivity index (χ0) is 40.6. The number of benzene rings is 2. The first-order valence-corrected chi connectivity index (χ1v) is 25.3. The van der Waals surface area contributed by atoms with Crippen LogP contribution in [0, 0.1) is 0 Å². The number of unbranched alkanes of at least 4 members (excludes halogenated alkanes) is 27. The second-order valence-electron chi connectivity index (χ2n) is 17.9. The Bertz CT molecular complexity index is 1390. The van der Waals surface area contributed by atoms with Crippen molar-refractivity contribution >= 4 is 11.4 Å². The van der Waals surface area contributed by atoms with E-state index in [2.05, 4.69) is 76.2 Å². The van der Waals surface area contributed by atoms with Crippen molar-refractivity contribution in [1.29, 1.82) is 0 Å². The summed E-state index contributed by atoms with van der Waals surface area (Å²) in [6, 6.07) is 18.3. The third-order valence-corrected chi connectivity index (χ3v) is 12.7. The predicted octanol–water partition coefficient (Wildman–Crippen LogP) is 18.9. The van der Waals surface area contributed by atoms with E-state index in [1.807, 2.05) is 0 Å². The Morgan fingerprint density at radius 1 is 0.333 bits per heavy atom. The molecule has 0 saturated carbocycles. The summed E-state index contributed by atoms with van der Waals surface area (Å²) in [5.74, 6) is 0. The van der Waals surface area contributed by atoms with Gasteiger partial charge in [-0.3, -0.25) is 0 Å². The molecule has 0 bridgehead atoms. The van der Waals surface area contributed by atoms with Crippen molar-refractivity contribution in [3.05, 3.63) is 87.5 Å². The molecule has 2 aromatic rings. The van der Waals surface area contributed by atoms with Crippen molar-refractivity contribution in [3.63, 3.8) is 0 Å². The van der Waals surface area contributed by atoms with E-state index in [-0.39, 0.29) is 0 Å². The summed E-state index contributed by atoms with van der Waals surface area (Å²) >= 11 is 0. The van der Waals surface area contributed by atoms with E-state index >= 15 is 0 Å². The third-order valence-electron chi connectivity index (χ3n) is 12.7. The van der Waals surface area contributed by atoms with Gasteiger partial charge in [0.05, 0.1) is 0 Å². The van der Waals surface area contributed by atoms with Gasteiger partial charge in [-0.15, -0.1) is 0 Å². The highest BCUT2D eigenvalue weighted by molar-refractivity contribution is 5.82. The fraction of sp³-hybridized carbons (Fsp3) is 0.709. The van der Waals surface area contributed by atoms with Crippen LogP contribution in [0.4, 0.5) is 0 Å². The summed E-state index contributed by atoms with van der Waals surface area (Å²) in [6.45, 7) is 9.19. The van der Waals surface area contributed by atoms with Gasteiger partial charge in [0.25, 0.3) is 0 Å². The molecule has 0 aromatic heterocycles. The highest BCUT2D eigenvalue weighted by atomic mass is 15.2. The van der Waals surface area contributed by atoms with Gasteiger partial charge < -0.3 is 5.53 Å². The van der Waals surface area contributed by atoms with E-state index in [1.165, 1.54) is 220 Å². The number of hydrogen-bond acceptors (Lipinski definition) is 0. The van der Waals surface area contributed by atoms with Crippen molar-refractivity contribution in [3.8, 4) is 0 Å². The fourth-order valence-electron chi connectivity index (χ4n) is 9.13. The summed E-state index contributed by atoms with van der Waals surface area (Å²) in [5.41, 5.74) is 22.3. The van der Waals surface area contributed by atoms with Gasteiger partial charge in [0.2, 0.25) is 11.4 Å². The average molecular weight is 779 g/mol. The van der Waals surface area contributed by atoms with E-state index in [4.69, 9.17) is 0 Å². The first kappa shape index (κ1) is 48.9. The minimum Gasteiger partial charge on any atom is -0.493 e. The lowest BCUT2D eigenvalue weighted by Gasteiger charge is -2.12. The van der Waals surface area contributed by atoms with Crippen LogP contribution in [0.25, 0.3) is 16.9 Å². The highest BCUT2D eigenvalue weighted by Gasteiger charge is 2.35. The molecule has 0 atom stereocenters. The minimum absolute atomic E-state index is 1.03. The standard InChI is InChI=1S/C55H90N2/c1-5-9-13-16-18-19-20-21-22-23-24-25-26-27-28-29-30-31-34-39-49-41-37-43-51(47-49)55-53(45-35-32-17-14-10-6-2)52(44-12-8-4)54(57(55)56)50-42-36-40-48(46-50)38-33-15-11-7-3/h36-37,40-43,46-47H,5-35,38-39,44-45H2,1-4H3. The summed E-state index contributed by atoms with van der Waals surface area (Å²) in [5, 5.41) is 0. The second kappa shape index (κ2) is 32.4. The quantitative estimate of drug-likeness (QED) is 0.0482. The largest absolute Gasteiger partial charge is 0.493 e. The molecule has 1 aliphatic heterocycles. The first-order valence-electron chi connectivity index (χ1n) is 25.3. The number of aryl methyl sites for hydroxylation is 2. The van der Waals surface area contributed by atoms with Gasteiger partial charge in [-0.2, -0.15) is 0 Å². The Kier molecular flexibility index (Phi) is 27.8. The smallest absolute Gasteiger partial charge is 0.211 e. The van der Waals surface area contributed by atoms with Crippen molar-refractivity contribution < 1.29 is 4.70 Å². The van der Waals surface area contributed by atoms with Crippen LogP contribution in [-0.2, 0) is 12.8 Å². The molecule has 2 heteroatoms. The zero-order valence-electron chi connectivity index (χ0n) is 38.3. The molecule has 0 saturated heterocycles. The highest BCUT2D eigenvalue weighted by Crippen LogP contribution is 2.45. The van der Waals surface area contributed by atoms with E-state index in [1.54, 1.807) is 4.70 Å². The van der Waals surface area contributed by atoms with Crippen molar-refractivity contribution in [2.45, 2.75) is 252 Å². The molecule has 0 radical (unpaired) electrons. The van der Waals surface area contributed by atoms with Gasteiger partial charge >= 0.3 is 0 Å². The second-order valence-corrected chi connectivity index (χ2v) is 17.9. The lowest BCUT2D eigenvalue weighted by molar-refractivity contribution is -0.345. The van der Waals surface area contributed by atoms with Crippen LogP contribution in [0.5, 0.6) is 0 Å². The molecule has 0 fully saturated rings. The molecule has 0 spiro atoms. The van der Waals surface area contributed by atoms with Crippen LogP contribution >= 0.6 is 0 Å². The first-order chi connectivity index (χ1) is 28.1. The Labute approximate surface area is 354 Å². The molecule has 320 valence electrons. The third kappa shape index (κ3) is 19.9. The molecule has 1 heterocycles. The van der Waals surface area contributed by atoms with E-state index in [9.17, 15) is 5.53 Å². The molecular weight excluding hydrogens is 689 g/mol. The number of rotatable bonds is 37. The van der Waals surface area contributed by atoms with Crippen LogP contribution in [0.2, 0.25) is 0 Å². The molecule has 0 aliphatic carbocycles. The Morgan fingerprint density at radius 3 is 0.965 bits per heavy atom. The lowest BCUT2D eigenvalue weighted by Crippen LogP contribution is -2.03. The SMILES string of the molecule is CCCCCCCCCCCCCCCCCCCCCc1cccc(C2=C(CCCCCCCC)C(CCCC)=C(c3cccc(CCCCCC)c3)[N+]2=[N-])c1. The average Bonchev–Trinajstić information content (AvgIpc) is 3.51. The van der Waals surface area contributed by atoms with Crippen LogP contribution in [0.15, 0.2) is 59.7 Å². The zero-order valence-corrected chi connectivity index (χ0v) is 38.3. The Morgan fingerprint density at radius 2 is 0.614 bits per heavy atom. The molecule has 57 heavy (non-hydrogen) atoms. The summed E-state index contributed by atoms with van der Waals surface area (Å²) in [6.07, 6.45) is 46.4. The van der Waals surface area contributed by atoms with Crippen LogP contribution in [0.1, 0.15) is 262 Å². The number of nitrogens with zero attached hydrogens (tertiary/aromatic N) is 2. The summed E-state index contributed by atoms with van der Waals surface area (Å²) in [7, 11) is 0. The molecule has 0 N–H and O–H groups in total. The van der Waals surface area contributed by atoms with Crippen molar-refractivity contribution in [2.75, 3.05) is 0 Å². The normalized spacial score (nSPS) is 13.2. The summed E-state index contributed by atoms with van der Waals surface area (Å²) in [4.78, 5) is 0. The van der Waals surface area contributed by atoms with E-state index in [0.717, 1.165) is 49.9 Å². The van der Waals surface area contributed by atoms with Crippen molar-refractivity contribution in [1.82, 2.24) is 0 Å². The monoisotopic (exact) mass is 779 g/mol. The Balaban J connectivity index is 1.53. The van der Waals surface area contributed by atoms with Gasteiger partial charge in [-0.25, -0.2) is 4.70 Å². The lowest BCUT2D eigenvalue weighted by atomic mass is 9.91. The van der Waals surface area contributed by atoms with Gasteiger partial charge in [0.15, 0.2) is 0 Å². The molecule has 3 rings (SSSR count). The van der Waals surface area contributed by atoms with Gasteiger partial charge in [0, 0.05) is 22.3 Å². The Hall–Kier alpha value is -2.48. The molecular formula is C55H90N2. The van der Waals surface area contributed by atoms with Crippen LogP contribution in [0.3, 0.4) is 0 Å². The van der Waals surface area contributed by atoms with Crippen LogP contribution in [-0.4, -0.2) is 4.70 Å². The topological polar surface area (TPSA) is 25.3 Å². The molecule has 2 aromatic carbocycles. The maximum absolute atomic E-state index is 12.3. The van der Waals surface area contributed by atoms with Crippen molar-refractivity contribution in [2.24, 2.45) is 0 Å². The minimum atomic E-state index is 1.03. The predicted molar refractivity (Wildman–Crippen MR) is 253 cm³/mol. The molecule has 0 unspecified atom stereocenters. The van der Waals surface area contributed by atoms with Crippen LogP contribution < -0.4 is 0 Å². The maximum Gasteiger partial charge on any atom is 0.211 e. The maximum atomic E-state index is 12.3. The number of allylic oxidation sites excluding steroid dienone is 2. The molecule has 0 amide bonds. The number of hydrogen-bond donors (Lipinski definition) is 0. The van der Waals surface area contributed by atoms with E-state index in [0.29, 0.717) is 0 Å². The fourth-order valence-corrected chi connectivity index (χ4v) is 9.13. The van der Waals surface area contributed by atoms with E-state index < -0.39 is 0 Å². The van der Waals surface area contributed by atoms with Gasteiger partial charge in [0.1, 0.15) is 0 Å².